The Balaban J connectivity index is 1.63. The second-order valence-corrected chi connectivity index (χ2v) is 6.34. The Morgan fingerprint density at radius 1 is 1.21 bits per heavy atom. The van der Waals surface area contributed by atoms with E-state index < -0.39 is 0 Å². The molecule has 0 aliphatic carbocycles. The lowest BCUT2D eigenvalue weighted by Crippen LogP contribution is -2.23. The van der Waals surface area contributed by atoms with Gasteiger partial charge in [0, 0.05) is 24.2 Å². The maximum Gasteiger partial charge on any atom is 0.227 e. The van der Waals surface area contributed by atoms with Crippen molar-refractivity contribution in [1.82, 2.24) is 0 Å². The van der Waals surface area contributed by atoms with Gasteiger partial charge < -0.3 is 9.64 Å². The van der Waals surface area contributed by atoms with E-state index in [-0.39, 0.29) is 24.1 Å². The molecule has 124 valence electrons. The summed E-state index contributed by atoms with van der Waals surface area (Å²) in [6.45, 7) is 0.569. The zero-order valence-corrected chi connectivity index (χ0v) is 14.4. The fourth-order valence-electron chi connectivity index (χ4n) is 2.57. The fraction of sp³-hybridized carbons (Fsp3) is 0.222. The first-order valence-electron chi connectivity index (χ1n) is 7.56. The molecule has 1 fully saturated rings. The van der Waals surface area contributed by atoms with Crippen molar-refractivity contribution < 1.29 is 18.7 Å². The first-order chi connectivity index (χ1) is 11.5. The molecule has 1 aliphatic heterocycles. The number of nitrogens with zero attached hydrogens (tertiary/aromatic N) is 1. The Bertz CT molecular complexity index is 776. The van der Waals surface area contributed by atoms with E-state index in [4.69, 9.17) is 4.74 Å². The van der Waals surface area contributed by atoms with Crippen LogP contribution in [0.5, 0.6) is 5.75 Å². The molecular weight excluding hydrogens is 377 g/mol. The average Bonchev–Trinajstić information content (AvgIpc) is 3.00. The smallest absolute Gasteiger partial charge is 0.227 e. The third-order valence-corrected chi connectivity index (χ3v) is 4.45. The number of anilines is 1. The van der Waals surface area contributed by atoms with Crippen molar-refractivity contribution in [2.75, 3.05) is 18.1 Å². The third kappa shape index (κ3) is 3.64. The summed E-state index contributed by atoms with van der Waals surface area (Å²) in [4.78, 5) is 25.6. The van der Waals surface area contributed by atoms with Gasteiger partial charge in [0.1, 0.15) is 11.6 Å². The number of Topliss-reactive ketones (excluding diaryl/α,β-unsaturated/α-hetero) is 1. The van der Waals surface area contributed by atoms with Crippen molar-refractivity contribution in [3.8, 4) is 5.75 Å². The maximum atomic E-state index is 13.0. The summed E-state index contributed by atoms with van der Waals surface area (Å²) in [5.41, 5.74) is 1.31. The summed E-state index contributed by atoms with van der Waals surface area (Å²) < 4.78 is 18.9. The number of hydrogen-bond acceptors (Lipinski definition) is 3. The molecule has 0 saturated carbocycles. The van der Waals surface area contributed by atoms with Gasteiger partial charge >= 0.3 is 0 Å². The number of ketones is 1. The molecule has 0 atom stereocenters. The number of ether oxygens (including phenoxy) is 1. The van der Waals surface area contributed by atoms with Crippen LogP contribution in [-0.2, 0) is 4.79 Å². The topological polar surface area (TPSA) is 46.6 Å². The van der Waals surface area contributed by atoms with E-state index in [9.17, 15) is 14.0 Å². The lowest BCUT2D eigenvalue weighted by molar-refractivity contribution is -0.117. The largest absolute Gasteiger partial charge is 0.484 e. The van der Waals surface area contributed by atoms with E-state index in [1.807, 2.05) is 0 Å². The Morgan fingerprint density at radius 3 is 2.58 bits per heavy atom. The van der Waals surface area contributed by atoms with Crippen LogP contribution < -0.4 is 9.64 Å². The Kier molecular flexibility index (Phi) is 4.94. The average molecular weight is 392 g/mol. The lowest BCUT2D eigenvalue weighted by Gasteiger charge is -2.15. The predicted molar refractivity (Wildman–Crippen MR) is 92.0 cm³/mol. The van der Waals surface area contributed by atoms with Crippen LogP contribution in [0.25, 0.3) is 0 Å². The molecule has 1 heterocycles. The monoisotopic (exact) mass is 391 g/mol. The highest BCUT2D eigenvalue weighted by atomic mass is 79.9. The second-order valence-electron chi connectivity index (χ2n) is 5.48. The molecule has 4 nitrogen and oxygen atoms in total. The predicted octanol–water partition coefficient (Wildman–Crippen LogP) is 3.98. The van der Waals surface area contributed by atoms with E-state index in [1.54, 1.807) is 29.2 Å². The van der Waals surface area contributed by atoms with Gasteiger partial charge in [-0.1, -0.05) is 0 Å². The summed E-state index contributed by atoms with van der Waals surface area (Å²) >= 11 is 3.19. The van der Waals surface area contributed by atoms with Crippen LogP contribution in [0.1, 0.15) is 23.2 Å². The molecule has 0 bridgehead atoms. The minimum atomic E-state index is -0.382. The highest BCUT2D eigenvalue weighted by molar-refractivity contribution is 9.10. The molecule has 24 heavy (non-hydrogen) atoms. The lowest BCUT2D eigenvalue weighted by atomic mass is 10.1. The van der Waals surface area contributed by atoms with E-state index in [2.05, 4.69) is 15.9 Å². The molecule has 0 unspecified atom stereocenters. The molecule has 2 aromatic rings. The number of rotatable bonds is 5. The van der Waals surface area contributed by atoms with Gasteiger partial charge in [-0.05, 0) is 64.8 Å². The Hall–Kier alpha value is -2.21. The number of hydrogen-bond donors (Lipinski definition) is 0. The summed E-state index contributed by atoms with van der Waals surface area (Å²) in [5.74, 6) is -0.0549. The third-order valence-electron chi connectivity index (χ3n) is 3.83. The van der Waals surface area contributed by atoms with Crippen LogP contribution >= 0.6 is 15.9 Å². The standard InChI is InChI=1S/C18H15BrFNO3/c19-15-10-13(20)5-8-17(15)24-11-16(22)12-3-6-14(7-4-12)21-9-1-2-18(21)23/h3-8,10H,1-2,9,11H2. The number of carbonyl (C=O) groups is 2. The Labute approximate surface area is 147 Å². The minimum absolute atomic E-state index is 0.110. The molecule has 0 spiro atoms. The molecule has 6 heteroatoms. The van der Waals surface area contributed by atoms with Crippen LogP contribution in [0.2, 0.25) is 0 Å². The molecule has 1 amide bonds. The molecular formula is C18H15BrFNO3. The number of carbonyl (C=O) groups excluding carboxylic acids is 2. The second kappa shape index (κ2) is 7.13. The van der Waals surface area contributed by atoms with Crippen LogP contribution in [-0.4, -0.2) is 24.8 Å². The van der Waals surface area contributed by atoms with Crippen molar-refractivity contribution in [2.24, 2.45) is 0 Å². The van der Waals surface area contributed by atoms with E-state index in [0.717, 1.165) is 12.1 Å². The first-order valence-corrected chi connectivity index (χ1v) is 8.35. The van der Waals surface area contributed by atoms with Gasteiger partial charge in [0.15, 0.2) is 12.4 Å². The van der Waals surface area contributed by atoms with Crippen LogP contribution in [0.15, 0.2) is 46.9 Å². The quantitative estimate of drug-likeness (QED) is 0.724. The van der Waals surface area contributed by atoms with Crippen LogP contribution in [0.3, 0.4) is 0 Å². The summed E-state index contributed by atoms with van der Waals surface area (Å²) in [7, 11) is 0. The van der Waals surface area contributed by atoms with E-state index >= 15 is 0 Å². The number of amides is 1. The molecule has 1 saturated heterocycles. The SMILES string of the molecule is O=C(COc1ccc(F)cc1Br)c1ccc(N2CCCC2=O)cc1. The van der Waals surface area contributed by atoms with Gasteiger partial charge in [-0.25, -0.2) is 4.39 Å². The zero-order chi connectivity index (χ0) is 17.1. The first kappa shape index (κ1) is 16.6. The van der Waals surface area contributed by atoms with Gasteiger partial charge in [-0.15, -0.1) is 0 Å². The van der Waals surface area contributed by atoms with Crippen molar-refractivity contribution in [3.05, 3.63) is 58.3 Å². The van der Waals surface area contributed by atoms with Crippen molar-refractivity contribution in [1.29, 1.82) is 0 Å². The Morgan fingerprint density at radius 2 is 1.96 bits per heavy atom. The van der Waals surface area contributed by atoms with Crippen molar-refractivity contribution >= 4 is 33.3 Å². The van der Waals surface area contributed by atoms with E-state index in [1.165, 1.54) is 18.2 Å². The maximum absolute atomic E-state index is 13.0. The fourth-order valence-corrected chi connectivity index (χ4v) is 3.03. The molecule has 0 aromatic heterocycles. The normalized spacial score (nSPS) is 14.1. The van der Waals surface area contributed by atoms with Gasteiger partial charge in [0.25, 0.3) is 0 Å². The highest BCUT2D eigenvalue weighted by Gasteiger charge is 2.21. The van der Waals surface area contributed by atoms with E-state index in [0.29, 0.717) is 28.8 Å². The number of halogens is 2. The summed E-state index contributed by atoms with van der Waals surface area (Å²) in [6.07, 6.45) is 1.43. The van der Waals surface area contributed by atoms with Crippen LogP contribution in [0, 0.1) is 5.82 Å². The van der Waals surface area contributed by atoms with Crippen LogP contribution in [0.4, 0.5) is 10.1 Å². The van der Waals surface area contributed by atoms with Gasteiger partial charge in [0.2, 0.25) is 5.91 Å². The minimum Gasteiger partial charge on any atom is -0.484 e. The van der Waals surface area contributed by atoms with Gasteiger partial charge in [-0.3, -0.25) is 9.59 Å². The molecule has 3 rings (SSSR count). The zero-order valence-electron chi connectivity index (χ0n) is 12.8. The molecule has 0 radical (unpaired) electrons. The number of benzene rings is 2. The molecule has 0 N–H and O–H groups in total. The van der Waals surface area contributed by atoms with Gasteiger partial charge in [0.05, 0.1) is 4.47 Å². The molecule has 1 aliphatic rings. The summed E-state index contributed by atoms with van der Waals surface area (Å²) in [5, 5.41) is 0. The molecule has 2 aromatic carbocycles. The van der Waals surface area contributed by atoms with Gasteiger partial charge in [-0.2, -0.15) is 0 Å². The van der Waals surface area contributed by atoms with Crippen molar-refractivity contribution in [2.45, 2.75) is 12.8 Å². The van der Waals surface area contributed by atoms with Crippen molar-refractivity contribution in [3.63, 3.8) is 0 Å². The summed E-state index contributed by atoms with van der Waals surface area (Å²) in [6, 6.07) is 10.9. The highest BCUT2D eigenvalue weighted by Crippen LogP contribution is 2.26.